The fraction of sp³-hybridized carbons (Fsp3) is 0.536. The summed E-state index contributed by atoms with van der Waals surface area (Å²) in [6, 6.07) is 9.52. The van der Waals surface area contributed by atoms with Crippen LogP contribution in [0.5, 0.6) is 0 Å². The lowest BCUT2D eigenvalue weighted by Crippen LogP contribution is -2.55. The Bertz CT molecular complexity index is 1530. The molecule has 0 aromatic heterocycles. The summed E-state index contributed by atoms with van der Waals surface area (Å²) in [5, 5.41) is 13.4. The summed E-state index contributed by atoms with van der Waals surface area (Å²) in [5.74, 6) is 2.83. The third-order valence-electron chi connectivity index (χ3n) is 9.72. The van der Waals surface area contributed by atoms with Gasteiger partial charge in [0.05, 0.1) is 9.79 Å². The first-order valence-corrected chi connectivity index (χ1v) is 16.6. The van der Waals surface area contributed by atoms with Gasteiger partial charge in [-0.15, -0.1) is 0 Å². The van der Waals surface area contributed by atoms with Gasteiger partial charge in [0.15, 0.2) is 0 Å². The molecule has 0 unspecified atom stereocenters. The Kier molecular flexibility index (Phi) is 5.61. The molecule has 202 valence electrons. The van der Waals surface area contributed by atoms with Crippen LogP contribution in [-0.2, 0) is 20.0 Å². The fourth-order valence-corrected chi connectivity index (χ4v) is 10.8. The molecule has 0 atom stereocenters. The van der Waals surface area contributed by atoms with Crippen molar-refractivity contribution >= 4 is 25.8 Å². The largest absolute Gasteiger partial charge is 0.410 e. The Labute approximate surface area is 224 Å². The van der Waals surface area contributed by atoms with Gasteiger partial charge in [0, 0.05) is 23.2 Å². The Morgan fingerprint density at radius 3 is 1.68 bits per heavy atom. The summed E-state index contributed by atoms with van der Waals surface area (Å²) < 4.78 is 58.9. The molecule has 8 nitrogen and oxygen atoms in total. The van der Waals surface area contributed by atoms with Gasteiger partial charge in [-0.25, -0.2) is 26.3 Å². The average Bonchev–Trinajstić information content (AvgIpc) is 3.17. The summed E-state index contributed by atoms with van der Waals surface area (Å²) in [4.78, 5) is 0.230. The highest BCUT2D eigenvalue weighted by atomic mass is 32.2. The van der Waals surface area contributed by atoms with E-state index in [1.54, 1.807) is 30.3 Å². The fourth-order valence-electron chi connectivity index (χ4n) is 8.15. The minimum atomic E-state index is -3.78. The van der Waals surface area contributed by atoms with E-state index in [4.69, 9.17) is 0 Å². The van der Waals surface area contributed by atoms with Gasteiger partial charge in [0.2, 0.25) is 20.0 Å². The van der Waals surface area contributed by atoms with Crippen LogP contribution in [0.25, 0.3) is 11.1 Å². The van der Waals surface area contributed by atoms with Gasteiger partial charge in [-0.1, -0.05) is 24.2 Å². The number of rotatable bonds is 6. The molecule has 10 heteroatoms. The maximum Gasteiger partial charge on any atom is 0.240 e. The highest BCUT2D eigenvalue weighted by molar-refractivity contribution is 7.89. The minimum absolute atomic E-state index is 0.0249. The predicted octanol–water partition coefficient (Wildman–Crippen LogP) is 4.07. The molecule has 0 aliphatic heterocycles. The van der Waals surface area contributed by atoms with Crippen LogP contribution in [0, 0.1) is 29.6 Å². The lowest BCUT2D eigenvalue weighted by atomic mass is 9.54. The molecule has 2 aromatic carbocycles. The monoisotopic (exact) mass is 555 g/mol. The molecule has 0 radical (unpaired) electrons. The summed E-state index contributed by atoms with van der Waals surface area (Å²) in [7, 11) is -7.52. The third kappa shape index (κ3) is 3.94. The van der Waals surface area contributed by atoms with E-state index >= 15 is 0 Å². The number of benzene rings is 2. The van der Waals surface area contributed by atoms with Crippen molar-refractivity contribution < 1.29 is 22.0 Å². The first-order chi connectivity index (χ1) is 18.1. The second-order valence-corrected chi connectivity index (χ2v) is 15.8. The SMILES string of the molecule is CC1CC(NS(=O)(=O)c2ccc3c(c2)/C(=N\O)c2cc(S(=O)(=O)NC4C5CC6CC(C5)CC4C6)ccc2-3)C1. The number of fused-ring (bicyclic) bond motifs is 3. The van der Waals surface area contributed by atoms with Gasteiger partial charge in [0.1, 0.15) is 5.71 Å². The first-order valence-electron chi connectivity index (χ1n) is 13.7. The molecular formula is C28H33N3O5S2. The van der Waals surface area contributed by atoms with Crippen LogP contribution in [0.1, 0.15) is 63.0 Å². The Balaban J connectivity index is 1.17. The Morgan fingerprint density at radius 1 is 0.711 bits per heavy atom. The second kappa shape index (κ2) is 8.61. The van der Waals surface area contributed by atoms with E-state index in [1.807, 2.05) is 0 Å². The van der Waals surface area contributed by atoms with Crippen LogP contribution in [0.3, 0.4) is 0 Å². The summed E-state index contributed by atoms with van der Waals surface area (Å²) in [6.45, 7) is 2.09. The van der Waals surface area contributed by atoms with E-state index in [-0.39, 0.29) is 27.6 Å². The molecule has 6 aliphatic rings. The molecule has 2 aromatic rings. The molecule has 6 aliphatic carbocycles. The molecular weight excluding hydrogens is 522 g/mol. The van der Waals surface area contributed by atoms with Gasteiger partial charge >= 0.3 is 0 Å². The predicted molar refractivity (Wildman–Crippen MR) is 143 cm³/mol. The number of nitrogens with one attached hydrogen (secondary N) is 2. The van der Waals surface area contributed by atoms with Crippen LogP contribution in [-0.4, -0.2) is 39.8 Å². The maximum atomic E-state index is 13.5. The Hall–Kier alpha value is -2.27. The van der Waals surface area contributed by atoms with Crippen molar-refractivity contribution in [2.45, 2.75) is 73.7 Å². The quantitative estimate of drug-likeness (QED) is 0.312. The van der Waals surface area contributed by atoms with Crippen molar-refractivity contribution in [3.63, 3.8) is 0 Å². The van der Waals surface area contributed by atoms with E-state index in [0.717, 1.165) is 50.4 Å². The van der Waals surface area contributed by atoms with Crippen LogP contribution >= 0.6 is 0 Å². The van der Waals surface area contributed by atoms with Gasteiger partial charge in [-0.05, 0) is 110 Å². The molecule has 38 heavy (non-hydrogen) atoms. The van der Waals surface area contributed by atoms with E-state index in [9.17, 15) is 22.0 Å². The molecule has 8 rings (SSSR count). The highest BCUT2D eigenvalue weighted by Gasteiger charge is 2.49. The first kappa shape index (κ1) is 24.7. The van der Waals surface area contributed by atoms with Crippen LogP contribution in [0.4, 0.5) is 0 Å². The lowest BCUT2D eigenvalue weighted by molar-refractivity contribution is -0.00557. The van der Waals surface area contributed by atoms with E-state index in [0.29, 0.717) is 40.0 Å². The van der Waals surface area contributed by atoms with E-state index in [1.165, 1.54) is 12.5 Å². The molecule has 3 N–H and O–H groups in total. The topological polar surface area (TPSA) is 125 Å². The zero-order valence-electron chi connectivity index (χ0n) is 21.3. The minimum Gasteiger partial charge on any atom is -0.410 e. The Morgan fingerprint density at radius 2 is 1.21 bits per heavy atom. The molecule has 5 fully saturated rings. The van der Waals surface area contributed by atoms with Crippen molar-refractivity contribution in [3.05, 3.63) is 47.5 Å². The number of nitrogens with zero attached hydrogens (tertiary/aromatic N) is 1. The van der Waals surface area contributed by atoms with Gasteiger partial charge in [-0.3, -0.25) is 0 Å². The summed E-state index contributed by atoms with van der Waals surface area (Å²) >= 11 is 0. The maximum absolute atomic E-state index is 13.5. The number of oxime groups is 1. The van der Waals surface area contributed by atoms with Crippen molar-refractivity contribution in [1.82, 2.24) is 9.44 Å². The molecule has 0 spiro atoms. The summed E-state index contributed by atoms with van der Waals surface area (Å²) in [6.07, 6.45) is 7.38. The van der Waals surface area contributed by atoms with Crippen LogP contribution in [0.2, 0.25) is 0 Å². The highest BCUT2D eigenvalue weighted by Crippen LogP contribution is 2.54. The number of sulfonamides is 2. The van der Waals surface area contributed by atoms with Crippen molar-refractivity contribution in [2.75, 3.05) is 0 Å². The number of hydrogen-bond donors (Lipinski definition) is 3. The van der Waals surface area contributed by atoms with E-state index in [2.05, 4.69) is 21.5 Å². The molecule has 0 saturated heterocycles. The third-order valence-corrected chi connectivity index (χ3v) is 12.7. The normalized spacial score (nSPS) is 34.2. The molecule has 5 saturated carbocycles. The van der Waals surface area contributed by atoms with Gasteiger partial charge in [-0.2, -0.15) is 0 Å². The van der Waals surface area contributed by atoms with E-state index < -0.39 is 20.0 Å². The zero-order chi connectivity index (χ0) is 26.4. The van der Waals surface area contributed by atoms with Crippen molar-refractivity contribution in [1.29, 1.82) is 0 Å². The molecule has 0 amide bonds. The molecule has 4 bridgehead atoms. The zero-order valence-corrected chi connectivity index (χ0v) is 22.9. The van der Waals surface area contributed by atoms with Crippen LogP contribution in [0.15, 0.2) is 51.3 Å². The number of hydrogen-bond acceptors (Lipinski definition) is 6. The van der Waals surface area contributed by atoms with Crippen LogP contribution < -0.4 is 9.44 Å². The standard InChI is InChI=1S/C28H33N3O5S2/c1-15-6-20(7-15)30-37(33,34)21-2-4-23-24-5-3-22(14-26(24)28(29-32)25(23)13-21)38(35,36)31-27-18-9-16-8-17(11-18)12-19(27)10-16/h2-5,13-20,27,30-32H,6-12H2,1H3/b29-28+. The van der Waals surface area contributed by atoms with Gasteiger partial charge in [0.25, 0.3) is 0 Å². The van der Waals surface area contributed by atoms with Crippen molar-refractivity contribution in [2.24, 2.45) is 34.7 Å². The lowest BCUT2D eigenvalue weighted by Gasteiger charge is -2.54. The molecule has 0 heterocycles. The smallest absolute Gasteiger partial charge is 0.240 e. The second-order valence-electron chi connectivity index (χ2n) is 12.3. The summed E-state index contributed by atoms with van der Waals surface area (Å²) in [5.41, 5.74) is 2.55. The van der Waals surface area contributed by atoms with Gasteiger partial charge < -0.3 is 5.21 Å². The average molecular weight is 556 g/mol. The van der Waals surface area contributed by atoms with Crippen molar-refractivity contribution in [3.8, 4) is 11.1 Å².